The van der Waals surface area contributed by atoms with Gasteiger partial charge in [0.25, 0.3) is 6.71 Å². The Morgan fingerprint density at radius 3 is 1.60 bits per heavy atom. The van der Waals surface area contributed by atoms with Crippen molar-refractivity contribution in [2.75, 3.05) is 14.7 Å². The second-order valence-corrected chi connectivity index (χ2v) is 29.5. The number of fused-ring (bicyclic) bond motifs is 11. The van der Waals surface area contributed by atoms with E-state index in [1.54, 1.807) is 0 Å². The summed E-state index contributed by atoms with van der Waals surface area (Å²) in [5.41, 5.74) is 24.6. The zero-order valence-electron chi connectivity index (χ0n) is 48.4. The molecule has 3 aliphatic heterocycles. The first-order chi connectivity index (χ1) is 35.1. The lowest BCUT2D eigenvalue weighted by Gasteiger charge is -2.51. The highest BCUT2D eigenvalue weighted by Gasteiger charge is 2.58. The Morgan fingerprint density at radius 1 is 0.453 bits per heavy atom. The highest BCUT2D eigenvalue weighted by Crippen LogP contribution is 2.62. The molecular formula is C70H82BN3O. The second kappa shape index (κ2) is 15.5. The van der Waals surface area contributed by atoms with Crippen LogP contribution < -0.4 is 31.3 Å². The highest BCUT2D eigenvalue weighted by atomic mass is 16.3. The molecule has 1 saturated carbocycles. The van der Waals surface area contributed by atoms with E-state index in [9.17, 15) is 0 Å². The maximum absolute atomic E-state index is 7.60. The minimum absolute atomic E-state index is 0.00209. The Labute approximate surface area is 450 Å². The number of hydrogen-bond acceptors (Lipinski definition) is 4. The van der Waals surface area contributed by atoms with Crippen LogP contribution >= 0.6 is 0 Å². The topological polar surface area (TPSA) is 22.9 Å². The zero-order chi connectivity index (χ0) is 52.9. The van der Waals surface area contributed by atoms with Crippen LogP contribution in [0.5, 0.6) is 0 Å². The van der Waals surface area contributed by atoms with Crippen molar-refractivity contribution < 1.29 is 4.42 Å². The Balaban J connectivity index is 1.19. The molecule has 3 aliphatic carbocycles. The van der Waals surface area contributed by atoms with Gasteiger partial charge in [-0.25, -0.2) is 0 Å². The summed E-state index contributed by atoms with van der Waals surface area (Å²) in [6, 6.07) is 44.3. The fraction of sp³-hybridized carbons (Fsp3) is 0.457. The predicted octanol–water partition coefficient (Wildman–Crippen LogP) is 17.6. The van der Waals surface area contributed by atoms with Crippen molar-refractivity contribution in [3.63, 3.8) is 0 Å². The van der Waals surface area contributed by atoms with Crippen LogP contribution in [-0.4, -0.2) is 12.3 Å². The van der Waals surface area contributed by atoms with Crippen molar-refractivity contribution in [2.24, 2.45) is 0 Å². The van der Waals surface area contributed by atoms with E-state index in [2.05, 4.69) is 235 Å². The van der Waals surface area contributed by atoms with Crippen molar-refractivity contribution in [2.45, 2.75) is 206 Å². The number of anilines is 8. The Morgan fingerprint density at radius 2 is 0.987 bits per heavy atom. The van der Waals surface area contributed by atoms with Gasteiger partial charge < -0.3 is 19.1 Å². The van der Waals surface area contributed by atoms with Crippen LogP contribution in [0.1, 0.15) is 201 Å². The first kappa shape index (κ1) is 48.9. The van der Waals surface area contributed by atoms with Gasteiger partial charge in [0.15, 0.2) is 0 Å². The highest BCUT2D eigenvalue weighted by molar-refractivity contribution is 7.00. The molecular weight excluding hydrogens is 910 g/mol. The standard InChI is InChI=1S/C70H82BN3O/c1-63(2,3)43-24-30-59-48(37-43)61-62(75-59)71-54-38-44(64(4,5)6)23-29-56(54)72(45-25-27-49-52(39-45)67(11,12)35-33-65(49,7)8)57-41-47(74-55-22-18-17-21-51(55)69(15)31-19-20-32-70(69,74)16)42-58(60(57)71)73(61)46-26-28-50-53(40-46)68(13,14)36-34-66(50,9)10/h17-18,21-30,37-42H,19-20,31-36H2,1-16H3. The first-order valence-electron chi connectivity index (χ1n) is 28.8. The second-order valence-electron chi connectivity index (χ2n) is 29.5. The summed E-state index contributed by atoms with van der Waals surface area (Å²) in [7, 11) is 0. The molecule has 4 heterocycles. The molecule has 75 heavy (non-hydrogen) atoms. The summed E-state index contributed by atoms with van der Waals surface area (Å²) in [6.07, 6.45) is 9.47. The maximum Gasteiger partial charge on any atom is 0.297 e. The number of hydrogen-bond donors (Lipinski definition) is 0. The van der Waals surface area contributed by atoms with E-state index in [0.29, 0.717) is 0 Å². The third-order valence-corrected chi connectivity index (χ3v) is 20.8. The number of para-hydroxylation sites is 1. The molecule has 1 aromatic heterocycles. The van der Waals surface area contributed by atoms with Crippen molar-refractivity contribution in [1.29, 1.82) is 0 Å². The van der Waals surface area contributed by atoms with Gasteiger partial charge in [-0.2, -0.15) is 0 Å². The molecule has 2 unspecified atom stereocenters. The Bertz CT molecular complexity index is 3550. The molecule has 0 bridgehead atoms. The van der Waals surface area contributed by atoms with E-state index >= 15 is 0 Å². The van der Waals surface area contributed by atoms with Gasteiger partial charge in [-0.1, -0.05) is 165 Å². The molecule has 5 heteroatoms. The summed E-state index contributed by atoms with van der Waals surface area (Å²) in [4.78, 5) is 8.19. The van der Waals surface area contributed by atoms with E-state index in [1.807, 2.05) is 0 Å². The van der Waals surface area contributed by atoms with E-state index in [4.69, 9.17) is 4.42 Å². The molecule has 0 spiro atoms. The van der Waals surface area contributed by atoms with Gasteiger partial charge in [0.1, 0.15) is 5.58 Å². The third-order valence-electron chi connectivity index (χ3n) is 20.8. The molecule has 0 amide bonds. The maximum atomic E-state index is 7.60. The van der Waals surface area contributed by atoms with Crippen molar-refractivity contribution in [1.82, 2.24) is 0 Å². The summed E-state index contributed by atoms with van der Waals surface area (Å²) in [5.74, 6) is 0. The Kier molecular flexibility index (Phi) is 10.1. The zero-order valence-corrected chi connectivity index (χ0v) is 48.4. The molecule has 13 rings (SSSR count). The van der Waals surface area contributed by atoms with Crippen LogP contribution in [0.4, 0.5) is 45.5 Å². The largest absolute Gasteiger partial charge is 0.468 e. The molecule has 386 valence electrons. The monoisotopic (exact) mass is 992 g/mol. The van der Waals surface area contributed by atoms with Crippen molar-refractivity contribution in [3.05, 3.63) is 148 Å². The number of nitrogens with zero attached hydrogens (tertiary/aromatic N) is 3. The lowest BCUT2D eigenvalue weighted by Crippen LogP contribution is -2.61. The molecule has 0 saturated heterocycles. The van der Waals surface area contributed by atoms with Gasteiger partial charge in [-0.05, 0) is 188 Å². The molecule has 2 atom stereocenters. The number of furan rings is 1. The van der Waals surface area contributed by atoms with E-state index < -0.39 is 0 Å². The quantitative estimate of drug-likeness (QED) is 0.165. The number of rotatable bonds is 3. The van der Waals surface area contributed by atoms with E-state index in [0.717, 1.165) is 30.5 Å². The normalized spacial score (nSPS) is 23.5. The van der Waals surface area contributed by atoms with Gasteiger partial charge in [0.2, 0.25) is 0 Å². The molecule has 0 N–H and O–H groups in total. The van der Waals surface area contributed by atoms with Crippen molar-refractivity contribution in [3.8, 4) is 0 Å². The van der Waals surface area contributed by atoms with Gasteiger partial charge >= 0.3 is 0 Å². The fourth-order valence-electron chi connectivity index (χ4n) is 15.6. The molecule has 1 fully saturated rings. The van der Waals surface area contributed by atoms with Crippen LogP contribution in [0.3, 0.4) is 0 Å². The fourth-order valence-corrected chi connectivity index (χ4v) is 15.6. The minimum Gasteiger partial charge on any atom is -0.468 e. The summed E-state index contributed by atoms with van der Waals surface area (Å²) in [5, 5.41) is 1.18. The van der Waals surface area contributed by atoms with Gasteiger partial charge in [0.05, 0.1) is 16.9 Å². The van der Waals surface area contributed by atoms with Gasteiger partial charge in [-0.15, -0.1) is 0 Å². The molecule has 6 aromatic carbocycles. The summed E-state index contributed by atoms with van der Waals surface area (Å²) in [6.45, 7) is 38.9. The van der Waals surface area contributed by atoms with E-state index in [-0.39, 0.29) is 50.2 Å². The SMILES string of the molecule is CC(C)(C)c1ccc2c(c1)B1c3oc4ccc(C(C)(C)C)cc4c3N(c3ccc4c(c3)C(C)(C)CCC4(C)C)c3cc(N4c5ccccc5C5(C)CCCCC45C)cc(c31)N2c1ccc2c(c1)C(C)(C)CCC2(C)C. The lowest BCUT2D eigenvalue weighted by molar-refractivity contribution is 0.195. The summed E-state index contributed by atoms with van der Waals surface area (Å²) >= 11 is 0. The molecule has 6 aliphatic rings. The summed E-state index contributed by atoms with van der Waals surface area (Å²) < 4.78 is 7.60. The van der Waals surface area contributed by atoms with Crippen LogP contribution in [0.2, 0.25) is 0 Å². The minimum atomic E-state index is -0.156. The molecule has 0 radical (unpaired) electrons. The third kappa shape index (κ3) is 6.86. The predicted molar refractivity (Wildman–Crippen MR) is 321 cm³/mol. The van der Waals surface area contributed by atoms with E-state index in [1.165, 1.54) is 133 Å². The van der Waals surface area contributed by atoms with Crippen LogP contribution in [0.25, 0.3) is 11.0 Å². The average Bonchev–Trinajstić information content (AvgIpc) is 3.91. The van der Waals surface area contributed by atoms with Crippen molar-refractivity contribution >= 4 is 79.8 Å². The van der Waals surface area contributed by atoms with Crippen LogP contribution in [-0.2, 0) is 37.9 Å². The Hall–Kier alpha value is -5.68. The van der Waals surface area contributed by atoms with Crippen LogP contribution in [0, 0.1) is 0 Å². The van der Waals surface area contributed by atoms with Gasteiger partial charge in [0, 0.05) is 50.6 Å². The first-order valence-corrected chi connectivity index (χ1v) is 28.8. The molecule has 7 aromatic rings. The number of benzene rings is 6. The lowest BCUT2D eigenvalue weighted by atomic mass is 9.35. The molecule has 4 nitrogen and oxygen atoms in total. The van der Waals surface area contributed by atoms with Gasteiger partial charge in [-0.3, -0.25) is 0 Å². The van der Waals surface area contributed by atoms with Crippen LogP contribution in [0.15, 0.2) is 114 Å². The average molecular weight is 992 g/mol. The smallest absolute Gasteiger partial charge is 0.297 e.